The third kappa shape index (κ3) is 48.3. The van der Waals surface area contributed by atoms with Crippen molar-refractivity contribution in [1.29, 1.82) is 0 Å². The number of alkyl halides is 6. The van der Waals surface area contributed by atoms with E-state index in [9.17, 15) is 26.3 Å². The van der Waals surface area contributed by atoms with Crippen molar-refractivity contribution in [3.05, 3.63) is 35.4 Å². The predicted molar refractivity (Wildman–Crippen MR) is 84.9 cm³/mol. The Bertz CT molecular complexity index is 460. The molecule has 0 radical (unpaired) electrons. The topological polar surface area (TPSA) is 243 Å². The van der Waals surface area contributed by atoms with Crippen molar-refractivity contribution < 1.29 is 116 Å². The third-order valence-electron chi connectivity index (χ3n) is 1.41. The minimum atomic E-state index is -4.80. The molecule has 1 aromatic carbocycles. The predicted octanol–water partition coefficient (Wildman–Crippen LogP) is -7.68. The average molecular weight is 483 g/mol. The first-order valence-electron chi connectivity index (χ1n) is 6.48. The Kier molecular flexibility index (Phi) is 28.3. The summed E-state index contributed by atoms with van der Waals surface area (Å²) in [6.45, 7) is 0. The van der Waals surface area contributed by atoms with Crippen molar-refractivity contribution in [2.24, 2.45) is 0 Å². The Morgan fingerprint density at radius 1 is 0.516 bits per heavy atom. The molecule has 174 valence electrons. The van der Waals surface area contributed by atoms with Gasteiger partial charge in [0, 0.05) is 0 Å². The van der Waals surface area contributed by atoms with Crippen molar-refractivity contribution in [3.8, 4) is 0 Å². The molecular weight excluding hydrogens is 468 g/mol. The van der Waals surface area contributed by atoms with Gasteiger partial charge >= 0.3 is 71.2 Å². The number of halogens is 6. The molecule has 0 fully saturated rings. The van der Waals surface area contributed by atoms with E-state index in [0.29, 0.717) is 18.2 Å². The molecule has 1 aromatic rings. The zero-order valence-electron chi connectivity index (χ0n) is 15.2. The van der Waals surface area contributed by atoms with E-state index in [1.807, 2.05) is 0 Å². The van der Waals surface area contributed by atoms with Crippen LogP contribution in [0, 0.1) is 6.07 Å². The summed E-state index contributed by atoms with van der Waals surface area (Å²) < 4.78 is 71.7. The molecule has 0 saturated heterocycles. The van der Waals surface area contributed by atoms with Gasteiger partial charge in [0.05, 0.1) is 0 Å². The summed E-state index contributed by atoms with van der Waals surface area (Å²) in [5.74, 6) is 0. The first-order chi connectivity index (χ1) is 13.1. The van der Waals surface area contributed by atoms with Crippen LogP contribution in [0.4, 0.5) is 26.3 Å². The second-order valence-electron chi connectivity index (χ2n) is 3.86. The van der Waals surface area contributed by atoms with Gasteiger partial charge in [-0.3, -0.25) is 0 Å². The van der Waals surface area contributed by atoms with Gasteiger partial charge in [-0.1, -0.05) is 11.1 Å². The molecule has 23 heteroatoms. The second kappa shape index (κ2) is 21.4. The molecule has 0 bridgehead atoms. The molecule has 12 nitrogen and oxygen atoms in total. The van der Waals surface area contributed by atoms with Gasteiger partial charge in [-0.05, 0) is 0 Å². The molecule has 0 aromatic heterocycles. The van der Waals surface area contributed by atoms with Crippen LogP contribution in [0.2, 0.25) is 0 Å². The first kappa shape index (κ1) is 40.9. The van der Waals surface area contributed by atoms with Crippen LogP contribution in [0.25, 0.3) is 0 Å². The van der Waals surface area contributed by atoms with Gasteiger partial charge in [0.2, 0.25) is 0 Å². The van der Waals surface area contributed by atoms with E-state index in [-0.39, 0.29) is 29.6 Å². The maximum atomic E-state index is 12.0. The van der Waals surface area contributed by atoms with E-state index in [2.05, 4.69) is 0 Å². The zero-order valence-corrected chi connectivity index (χ0v) is 17.2. The largest absolute Gasteiger partial charge is 1.00 e. The quantitative estimate of drug-likeness (QED) is 0.0935. The van der Waals surface area contributed by atoms with Crippen molar-refractivity contribution in [2.75, 3.05) is 0 Å². The maximum Gasteiger partial charge on any atom is 1.00 e. The maximum absolute atomic E-state index is 12.0. The summed E-state index contributed by atoms with van der Waals surface area (Å²) in [4.78, 5) is 0. The summed E-state index contributed by atoms with van der Waals surface area (Å²) in [5, 5.41) is 86.0. The van der Waals surface area contributed by atoms with Crippen molar-refractivity contribution >= 4 is 29.3 Å². The van der Waals surface area contributed by atoms with Crippen LogP contribution in [0.15, 0.2) is 18.2 Å². The van der Waals surface area contributed by atoms with Crippen LogP contribution in [-0.2, 0) is 12.4 Å². The SMILES string of the molecule is FC(F)(F)c1[c-]c(C(F)(F)F)ccc1.OB(O)O.OB(O)O.OB(O)O.OB(O)O.[Na+]. The van der Waals surface area contributed by atoms with E-state index >= 15 is 0 Å². The van der Waals surface area contributed by atoms with Crippen LogP contribution >= 0.6 is 0 Å². The molecule has 0 amide bonds. The van der Waals surface area contributed by atoms with Gasteiger partial charge in [0.25, 0.3) is 0 Å². The fourth-order valence-corrected chi connectivity index (χ4v) is 0.800. The van der Waals surface area contributed by atoms with Crippen LogP contribution in [0.5, 0.6) is 0 Å². The van der Waals surface area contributed by atoms with Crippen LogP contribution in [0.3, 0.4) is 0 Å². The Hall–Kier alpha value is -0.420. The zero-order chi connectivity index (χ0) is 25.3. The monoisotopic (exact) mass is 484 g/mol. The number of hydrogen-bond acceptors (Lipinski definition) is 12. The van der Waals surface area contributed by atoms with Crippen LogP contribution in [-0.4, -0.2) is 89.6 Å². The minimum Gasteiger partial charge on any atom is -0.402 e. The fraction of sp³-hybridized carbons (Fsp3) is 0.250. The molecule has 0 aliphatic carbocycles. The van der Waals surface area contributed by atoms with Crippen LogP contribution in [0.1, 0.15) is 11.1 Å². The molecule has 31 heavy (non-hydrogen) atoms. The Morgan fingerprint density at radius 3 is 0.806 bits per heavy atom. The fourth-order valence-electron chi connectivity index (χ4n) is 0.800. The smallest absolute Gasteiger partial charge is 0.402 e. The molecule has 0 spiro atoms. The molecule has 1 rings (SSSR count). The van der Waals surface area contributed by atoms with E-state index in [4.69, 9.17) is 60.3 Å². The molecule has 12 N–H and O–H groups in total. The standard InChI is InChI=1S/C8H3F6.4BH3O3.Na/c9-7(10,11)5-2-1-3-6(4-5)8(12,13)14;4*2-1(3)4;/h1-3H;4*2-4H;/q-1;;;;;+1. The van der Waals surface area contributed by atoms with Crippen molar-refractivity contribution in [3.63, 3.8) is 0 Å². The van der Waals surface area contributed by atoms with E-state index in [0.717, 1.165) is 0 Å². The van der Waals surface area contributed by atoms with Crippen molar-refractivity contribution in [1.82, 2.24) is 0 Å². The molecular formula is C8H15B4F6NaO12. The van der Waals surface area contributed by atoms with E-state index in [1.165, 1.54) is 6.07 Å². The summed E-state index contributed by atoms with van der Waals surface area (Å²) in [6.07, 6.45) is -9.61. The van der Waals surface area contributed by atoms with Crippen LogP contribution < -0.4 is 29.6 Å². The van der Waals surface area contributed by atoms with Gasteiger partial charge < -0.3 is 60.3 Å². The molecule has 0 heterocycles. The summed E-state index contributed by atoms with van der Waals surface area (Å²) in [5.41, 5.74) is -2.85. The van der Waals surface area contributed by atoms with Gasteiger partial charge in [0.15, 0.2) is 0 Å². The second-order valence-corrected chi connectivity index (χ2v) is 3.86. The van der Waals surface area contributed by atoms with E-state index < -0.39 is 52.8 Å². The molecule has 0 unspecified atom stereocenters. The Balaban J connectivity index is -0.000000110. The summed E-state index contributed by atoms with van der Waals surface area (Å²) in [6, 6.07) is 3.04. The number of benzene rings is 1. The average Bonchev–Trinajstić information content (AvgIpc) is 2.43. The normalized spacial score (nSPS) is 9.35. The van der Waals surface area contributed by atoms with Gasteiger partial charge in [-0.2, -0.15) is 50.6 Å². The van der Waals surface area contributed by atoms with E-state index in [1.54, 1.807) is 0 Å². The minimum absolute atomic E-state index is 0. The number of hydrogen-bond donors (Lipinski definition) is 12. The summed E-state index contributed by atoms with van der Waals surface area (Å²) in [7, 11) is -8.67. The van der Waals surface area contributed by atoms with Gasteiger partial charge in [-0.25, -0.2) is 0 Å². The summed E-state index contributed by atoms with van der Waals surface area (Å²) >= 11 is 0. The van der Waals surface area contributed by atoms with Crippen molar-refractivity contribution in [2.45, 2.75) is 12.4 Å². The Morgan fingerprint density at radius 2 is 0.677 bits per heavy atom. The molecule has 0 saturated carbocycles. The first-order valence-corrected chi connectivity index (χ1v) is 6.48. The van der Waals surface area contributed by atoms with Gasteiger partial charge in [-0.15, -0.1) is 0 Å². The molecule has 0 aliphatic heterocycles. The molecule has 0 atom stereocenters. The number of rotatable bonds is 0. The Labute approximate surface area is 193 Å². The molecule has 0 aliphatic rings. The third-order valence-corrected chi connectivity index (χ3v) is 1.41. The van der Waals surface area contributed by atoms with Gasteiger partial charge in [0.1, 0.15) is 0 Å².